The van der Waals surface area contributed by atoms with Gasteiger partial charge in [-0.05, 0) is 47.2 Å². The van der Waals surface area contributed by atoms with Crippen molar-refractivity contribution in [1.29, 1.82) is 0 Å². The minimum Gasteiger partial charge on any atom is -0.497 e. The molecule has 0 saturated carbocycles. The van der Waals surface area contributed by atoms with Gasteiger partial charge in [-0.25, -0.2) is 4.98 Å². The van der Waals surface area contributed by atoms with Crippen LogP contribution in [0.5, 0.6) is 11.5 Å². The second kappa shape index (κ2) is 5.90. The zero-order valence-electron chi connectivity index (χ0n) is 14.0. The van der Waals surface area contributed by atoms with Crippen LogP contribution in [0.4, 0.5) is 11.5 Å². The molecule has 4 rings (SSSR count). The summed E-state index contributed by atoms with van der Waals surface area (Å²) in [6.07, 6.45) is 0. The monoisotopic (exact) mass is 336 g/mol. The number of hydrogen-bond acceptors (Lipinski definition) is 7. The van der Waals surface area contributed by atoms with Crippen molar-refractivity contribution in [3.8, 4) is 11.5 Å². The Morgan fingerprint density at radius 1 is 1.04 bits per heavy atom. The highest BCUT2D eigenvalue weighted by Gasteiger charge is 2.14. The van der Waals surface area contributed by atoms with Gasteiger partial charge in [-0.3, -0.25) is 0 Å². The summed E-state index contributed by atoms with van der Waals surface area (Å²) in [4.78, 5) is 4.67. The summed E-state index contributed by atoms with van der Waals surface area (Å²) in [5, 5.41) is 15.2. The molecule has 0 aliphatic rings. The highest BCUT2D eigenvalue weighted by atomic mass is 16.5. The van der Waals surface area contributed by atoms with Crippen LogP contribution in [-0.4, -0.2) is 39.2 Å². The number of hydrogen-bond donors (Lipinski definition) is 1. The van der Waals surface area contributed by atoms with Gasteiger partial charge in [0.2, 0.25) is 5.65 Å². The molecule has 4 aromatic rings. The number of benzene rings is 2. The summed E-state index contributed by atoms with van der Waals surface area (Å²) in [7, 11) is 3.22. The Labute approximate surface area is 143 Å². The first-order chi connectivity index (χ1) is 12.2. The molecule has 2 aromatic carbocycles. The van der Waals surface area contributed by atoms with E-state index >= 15 is 0 Å². The van der Waals surface area contributed by atoms with Gasteiger partial charge in [0.1, 0.15) is 11.5 Å². The Hall–Kier alpha value is -3.42. The third-order valence-electron chi connectivity index (χ3n) is 3.93. The zero-order chi connectivity index (χ0) is 17.4. The minimum atomic E-state index is 0.531. The number of anilines is 2. The van der Waals surface area contributed by atoms with Crippen molar-refractivity contribution < 1.29 is 9.47 Å². The summed E-state index contributed by atoms with van der Waals surface area (Å²) in [6.45, 7) is 2.02. The number of nitrogens with zero attached hydrogens (tertiary/aromatic N) is 5. The highest BCUT2D eigenvalue weighted by molar-refractivity contribution is 5.84. The van der Waals surface area contributed by atoms with Crippen molar-refractivity contribution in [3.05, 3.63) is 42.0 Å². The van der Waals surface area contributed by atoms with E-state index < -0.39 is 0 Å². The summed E-state index contributed by atoms with van der Waals surface area (Å²) < 4.78 is 12.4. The topological polar surface area (TPSA) is 86.5 Å². The normalized spacial score (nSPS) is 11.0. The molecular formula is C17H16N6O2. The van der Waals surface area contributed by atoms with E-state index in [9.17, 15) is 0 Å². The average molecular weight is 336 g/mol. The third kappa shape index (κ3) is 2.57. The molecule has 0 radical (unpaired) electrons. The van der Waals surface area contributed by atoms with E-state index in [1.165, 1.54) is 0 Å². The second-order valence-corrected chi connectivity index (χ2v) is 5.56. The van der Waals surface area contributed by atoms with E-state index in [-0.39, 0.29) is 0 Å². The van der Waals surface area contributed by atoms with Crippen LogP contribution < -0.4 is 14.8 Å². The molecule has 0 spiro atoms. The number of aryl methyl sites for hydroxylation is 1. The fraction of sp³-hybridized carbons (Fsp3) is 0.176. The first-order valence-electron chi connectivity index (χ1n) is 7.67. The number of aromatic nitrogens is 5. The van der Waals surface area contributed by atoms with Crippen molar-refractivity contribution in [2.75, 3.05) is 19.5 Å². The van der Waals surface area contributed by atoms with Gasteiger partial charge in [0.05, 0.1) is 30.9 Å². The predicted molar refractivity (Wildman–Crippen MR) is 93.6 cm³/mol. The Morgan fingerprint density at radius 2 is 1.92 bits per heavy atom. The molecule has 0 fully saturated rings. The molecule has 0 saturated heterocycles. The van der Waals surface area contributed by atoms with E-state index in [0.29, 0.717) is 28.7 Å². The van der Waals surface area contributed by atoms with E-state index in [2.05, 4.69) is 25.8 Å². The van der Waals surface area contributed by atoms with Crippen LogP contribution in [0.15, 0.2) is 36.4 Å². The van der Waals surface area contributed by atoms with Crippen molar-refractivity contribution >= 4 is 28.2 Å². The van der Waals surface area contributed by atoms with E-state index in [1.807, 2.05) is 43.3 Å². The fourth-order valence-electron chi connectivity index (χ4n) is 2.69. The molecular weight excluding hydrogens is 320 g/mol. The molecule has 0 bridgehead atoms. The van der Waals surface area contributed by atoms with Crippen molar-refractivity contribution in [2.45, 2.75) is 6.92 Å². The maximum Gasteiger partial charge on any atom is 0.222 e. The molecule has 2 aromatic heterocycles. The summed E-state index contributed by atoms with van der Waals surface area (Å²) in [5.41, 5.74) is 3.99. The smallest absolute Gasteiger partial charge is 0.222 e. The molecule has 0 aliphatic carbocycles. The Morgan fingerprint density at radius 3 is 2.72 bits per heavy atom. The summed E-state index contributed by atoms with van der Waals surface area (Å²) in [6, 6.07) is 11.4. The Kier molecular flexibility index (Phi) is 3.57. The lowest BCUT2D eigenvalue weighted by atomic mass is 10.2. The molecule has 0 aliphatic heterocycles. The lowest BCUT2D eigenvalue weighted by Crippen LogP contribution is -2.02. The molecule has 0 amide bonds. The van der Waals surface area contributed by atoms with Crippen LogP contribution in [0.2, 0.25) is 0 Å². The number of rotatable bonds is 4. The minimum absolute atomic E-state index is 0.531. The van der Waals surface area contributed by atoms with Gasteiger partial charge in [-0.2, -0.15) is 4.52 Å². The van der Waals surface area contributed by atoms with Crippen LogP contribution in [0.25, 0.3) is 16.7 Å². The van der Waals surface area contributed by atoms with Gasteiger partial charge in [-0.15, -0.1) is 5.10 Å². The standard InChI is InChI=1S/C17H16N6O2/c1-10-4-6-12-14(8-10)23-17(20-21-22-23)16(18-12)19-13-9-11(24-2)5-7-15(13)25-3/h4-9H,1-3H3,(H,18,19). The van der Waals surface area contributed by atoms with Crippen LogP contribution in [0, 0.1) is 6.92 Å². The SMILES string of the molecule is COc1ccc(OC)c(Nc2nc3ccc(C)cc3n3nnnc23)c1. The first-order valence-corrected chi connectivity index (χ1v) is 7.67. The summed E-state index contributed by atoms with van der Waals surface area (Å²) >= 11 is 0. The maximum absolute atomic E-state index is 5.41. The molecule has 25 heavy (non-hydrogen) atoms. The number of ether oxygens (including phenoxy) is 2. The van der Waals surface area contributed by atoms with E-state index in [1.54, 1.807) is 18.7 Å². The lowest BCUT2D eigenvalue weighted by Gasteiger charge is -2.13. The number of nitrogens with one attached hydrogen (secondary N) is 1. The predicted octanol–water partition coefficient (Wildman–Crippen LogP) is 2.74. The van der Waals surface area contributed by atoms with Crippen molar-refractivity contribution in [2.24, 2.45) is 0 Å². The van der Waals surface area contributed by atoms with Gasteiger partial charge >= 0.3 is 0 Å². The number of methoxy groups -OCH3 is 2. The molecule has 8 nitrogen and oxygen atoms in total. The zero-order valence-corrected chi connectivity index (χ0v) is 14.0. The van der Waals surface area contributed by atoms with Gasteiger partial charge in [0.15, 0.2) is 5.82 Å². The Balaban J connectivity index is 1.89. The average Bonchev–Trinajstić information content (AvgIpc) is 3.12. The van der Waals surface area contributed by atoms with Crippen LogP contribution in [0.3, 0.4) is 0 Å². The van der Waals surface area contributed by atoms with Gasteiger partial charge in [-0.1, -0.05) is 6.07 Å². The van der Waals surface area contributed by atoms with Crippen LogP contribution >= 0.6 is 0 Å². The third-order valence-corrected chi connectivity index (χ3v) is 3.93. The van der Waals surface area contributed by atoms with Gasteiger partial charge in [0, 0.05) is 6.07 Å². The van der Waals surface area contributed by atoms with Crippen LogP contribution in [-0.2, 0) is 0 Å². The molecule has 8 heteroatoms. The van der Waals surface area contributed by atoms with Gasteiger partial charge in [0.25, 0.3) is 0 Å². The largest absolute Gasteiger partial charge is 0.497 e. The van der Waals surface area contributed by atoms with Crippen molar-refractivity contribution in [3.63, 3.8) is 0 Å². The molecule has 2 heterocycles. The lowest BCUT2D eigenvalue weighted by molar-refractivity contribution is 0.405. The Bertz CT molecular complexity index is 1080. The quantitative estimate of drug-likeness (QED) is 0.613. The molecule has 126 valence electrons. The van der Waals surface area contributed by atoms with Crippen LogP contribution in [0.1, 0.15) is 5.56 Å². The number of tetrazole rings is 1. The molecule has 1 N–H and O–H groups in total. The summed E-state index contributed by atoms with van der Waals surface area (Å²) in [5.74, 6) is 1.90. The number of fused-ring (bicyclic) bond motifs is 3. The van der Waals surface area contributed by atoms with Gasteiger partial charge < -0.3 is 14.8 Å². The van der Waals surface area contributed by atoms with Crippen molar-refractivity contribution in [1.82, 2.24) is 25.0 Å². The molecule has 0 unspecified atom stereocenters. The first kappa shape index (κ1) is 15.1. The molecule has 0 atom stereocenters. The highest BCUT2D eigenvalue weighted by Crippen LogP contribution is 2.32. The van der Waals surface area contributed by atoms with E-state index in [0.717, 1.165) is 16.6 Å². The maximum atomic E-state index is 5.41. The second-order valence-electron chi connectivity index (χ2n) is 5.56. The fourth-order valence-corrected chi connectivity index (χ4v) is 2.69. The van der Waals surface area contributed by atoms with E-state index in [4.69, 9.17) is 9.47 Å².